The topological polar surface area (TPSA) is 160 Å². The molecule has 4 N–H and O–H groups in total. The minimum Gasteiger partial charge on any atom is -0.507 e. The van der Waals surface area contributed by atoms with E-state index in [0.717, 1.165) is 0 Å². The van der Waals surface area contributed by atoms with E-state index < -0.39 is 28.5 Å². The average Bonchev–Trinajstić information content (AvgIpc) is 3.43. The summed E-state index contributed by atoms with van der Waals surface area (Å²) < 4.78 is 7.47. The number of benzene rings is 1. The Labute approximate surface area is 225 Å². The van der Waals surface area contributed by atoms with Crippen LogP contribution in [-0.2, 0) is 19.8 Å². The third kappa shape index (κ3) is 4.47. The highest BCUT2D eigenvalue weighted by Crippen LogP contribution is 2.57. The van der Waals surface area contributed by atoms with Crippen molar-refractivity contribution in [3.05, 3.63) is 52.1 Å². The molecule has 11 heteroatoms. The maximum Gasteiger partial charge on any atom is 0.225 e. The van der Waals surface area contributed by atoms with Crippen LogP contribution < -0.4 is 15.4 Å². The lowest BCUT2D eigenvalue weighted by molar-refractivity contribution is -0.123. The van der Waals surface area contributed by atoms with Crippen molar-refractivity contribution in [2.24, 2.45) is 0 Å². The van der Waals surface area contributed by atoms with Gasteiger partial charge in [0.1, 0.15) is 39.8 Å². The first-order valence-electron chi connectivity index (χ1n) is 12.7. The molecule has 0 bridgehead atoms. The van der Waals surface area contributed by atoms with Crippen LogP contribution in [-0.4, -0.2) is 49.8 Å². The number of carbonyl (C=O) groups excluding carboxylic acids is 4. The van der Waals surface area contributed by atoms with E-state index in [1.165, 1.54) is 26.8 Å². The Kier molecular flexibility index (Phi) is 7.12. The SMILES string of the molecule is CC(=O)c1c(O)c(C)c(O)c2c1OC1=CC(=O)/C(=C(/C)NCCCC(=O)Nc3ccnn3C(C)C)C(=O)[C@]12C. The summed E-state index contributed by atoms with van der Waals surface area (Å²) in [6.45, 7) is 10.0. The van der Waals surface area contributed by atoms with Gasteiger partial charge in [-0.3, -0.25) is 19.2 Å². The van der Waals surface area contributed by atoms with Crippen molar-refractivity contribution >= 4 is 29.1 Å². The standard InChI is InChI=1S/C28H32N4O7/c1-13(2)32-19(9-11-30-32)31-20(35)8-7-10-29-15(4)21-17(34)12-18-28(6,27(21)38)23-25(37)14(3)24(36)22(16(5)33)26(23)39-18/h9,11-13,29,36-37H,7-8,10H2,1-6H3,(H,31,35)/b21-15+/t28-/m1/s1. The quantitative estimate of drug-likeness (QED) is 0.172. The Hall–Kier alpha value is -4.41. The minimum atomic E-state index is -1.58. The van der Waals surface area contributed by atoms with Crippen molar-refractivity contribution in [1.29, 1.82) is 0 Å². The molecule has 0 spiro atoms. The van der Waals surface area contributed by atoms with Gasteiger partial charge in [0.15, 0.2) is 17.3 Å². The van der Waals surface area contributed by atoms with Crippen LogP contribution in [0.3, 0.4) is 0 Å². The maximum absolute atomic E-state index is 13.8. The number of phenolic OH excluding ortho intramolecular Hbond substituents is 2. The monoisotopic (exact) mass is 536 g/mol. The molecule has 0 saturated carbocycles. The van der Waals surface area contributed by atoms with Crippen LogP contribution in [0.25, 0.3) is 0 Å². The van der Waals surface area contributed by atoms with E-state index in [-0.39, 0.29) is 57.9 Å². The van der Waals surface area contributed by atoms with Gasteiger partial charge in [0.05, 0.1) is 17.3 Å². The molecule has 2 heterocycles. The number of aromatic hydroxyl groups is 2. The van der Waals surface area contributed by atoms with Crippen LogP contribution in [0, 0.1) is 6.92 Å². The van der Waals surface area contributed by atoms with E-state index in [2.05, 4.69) is 15.7 Å². The Balaban J connectivity index is 1.53. The molecule has 1 atom stereocenters. The van der Waals surface area contributed by atoms with E-state index in [1.807, 2.05) is 13.8 Å². The van der Waals surface area contributed by atoms with Gasteiger partial charge in [-0.1, -0.05) is 0 Å². The Morgan fingerprint density at radius 2 is 1.87 bits per heavy atom. The van der Waals surface area contributed by atoms with Crippen LogP contribution in [0.1, 0.15) is 75.0 Å². The van der Waals surface area contributed by atoms with E-state index in [9.17, 15) is 29.4 Å². The minimum absolute atomic E-state index is 0.0239. The predicted molar refractivity (Wildman–Crippen MR) is 142 cm³/mol. The summed E-state index contributed by atoms with van der Waals surface area (Å²) in [4.78, 5) is 51.5. The Bertz CT molecular complexity index is 1480. The number of allylic oxidation sites excluding steroid dienone is 4. The van der Waals surface area contributed by atoms with Crippen molar-refractivity contribution < 1.29 is 34.1 Å². The number of phenols is 2. The second kappa shape index (κ2) is 10.0. The smallest absolute Gasteiger partial charge is 0.225 e. The van der Waals surface area contributed by atoms with Crippen LogP contribution >= 0.6 is 0 Å². The highest BCUT2D eigenvalue weighted by molar-refractivity contribution is 6.31. The van der Waals surface area contributed by atoms with Crippen molar-refractivity contribution in [2.75, 3.05) is 11.9 Å². The summed E-state index contributed by atoms with van der Waals surface area (Å²) in [5, 5.41) is 31.4. The van der Waals surface area contributed by atoms with Crippen LogP contribution in [0.2, 0.25) is 0 Å². The van der Waals surface area contributed by atoms with Gasteiger partial charge in [0.25, 0.3) is 0 Å². The molecular weight excluding hydrogens is 504 g/mol. The number of fused-ring (bicyclic) bond motifs is 3. The van der Waals surface area contributed by atoms with Gasteiger partial charge < -0.3 is 25.6 Å². The zero-order valence-electron chi connectivity index (χ0n) is 22.8. The first kappa shape index (κ1) is 27.6. The lowest BCUT2D eigenvalue weighted by atomic mass is 9.70. The van der Waals surface area contributed by atoms with Crippen molar-refractivity contribution in [3.8, 4) is 17.2 Å². The number of hydrogen-bond donors (Lipinski definition) is 4. The molecule has 1 aliphatic carbocycles. The molecule has 0 fully saturated rings. The number of rotatable bonds is 8. The molecule has 39 heavy (non-hydrogen) atoms. The fourth-order valence-corrected chi connectivity index (χ4v) is 5.01. The van der Waals surface area contributed by atoms with Gasteiger partial charge in [0.2, 0.25) is 5.91 Å². The number of anilines is 1. The molecule has 0 unspecified atom stereocenters. The number of nitrogens with zero attached hydrogens (tertiary/aromatic N) is 2. The Morgan fingerprint density at radius 1 is 1.18 bits per heavy atom. The fourth-order valence-electron chi connectivity index (χ4n) is 5.01. The third-order valence-corrected chi connectivity index (χ3v) is 7.16. The van der Waals surface area contributed by atoms with Crippen LogP contribution in [0.4, 0.5) is 5.82 Å². The number of ether oxygens (including phenoxy) is 1. The molecule has 1 aromatic carbocycles. The zero-order valence-corrected chi connectivity index (χ0v) is 22.8. The van der Waals surface area contributed by atoms with Crippen molar-refractivity contribution in [3.63, 3.8) is 0 Å². The number of ketones is 3. The van der Waals surface area contributed by atoms with Gasteiger partial charge in [-0.15, -0.1) is 0 Å². The van der Waals surface area contributed by atoms with E-state index >= 15 is 0 Å². The average molecular weight is 537 g/mol. The highest BCUT2D eigenvalue weighted by atomic mass is 16.5. The Morgan fingerprint density at radius 3 is 2.51 bits per heavy atom. The first-order valence-corrected chi connectivity index (χ1v) is 12.7. The summed E-state index contributed by atoms with van der Waals surface area (Å²) in [5.41, 5.74) is -1.47. The number of Topliss-reactive ketones (excluding diaryl/α,β-unsaturated/α-hetero) is 2. The molecule has 2 aromatic rings. The van der Waals surface area contributed by atoms with Crippen LogP contribution in [0.15, 0.2) is 35.4 Å². The van der Waals surface area contributed by atoms with Crippen molar-refractivity contribution in [1.82, 2.24) is 15.1 Å². The molecule has 4 rings (SSSR count). The number of nitrogens with one attached hydrogen (secondary N) is 2. The molecule has 0 saturated heterocycles. The zero-order chi connectivity index (χ0) is 28.8. The van der Waals surface area contributed by atoms with Gasteiger partial charge in [-0.25, -0.2) is 4.68 Å². The summed E-state index contributed by atoms with van der Waals surface area (Å²) in [7, 11) is 0. The number of carbonyl (C=O) groups is 4. The van der Waals surface area contributed by atoms with E-state index in [4.69, 9.17) is 4.74 Å². The molecule has 1 amide bonds. The predicted octanol–water partition coefficient (Wildman–Crippen LogP) is 3.35. The molecule has 206 valence electrons. The van der Waals surface area contributed by atoms with Gasteiger partial charge in [0, 0.05) is 42.4 Å². The molecule has 2 aliphatic rings. The second-order valence-electron chi connectivity index (χ2n) is 10.2. The normalized spacial score (nSPS) is 19.3. The van der Waals surface area contributed by atoms with Gasteiger partial charge in [-0.05, 0) is 48.0 Å². The summed E-state index contributed by atoms with van der Waals surface area (Å²) in [5.74, 6) is -2.27. The molecule has 11 nitrogen and oxygen atoms in total. The van der Waals surface area contributed by atoms with Crippen molar-refractivity contribution in [2.45, 2.75) is 65.8 Å². The summed E-state index contributed by atoms with van der Waals surface area (Å²) in [6.07, 6.45) is 3.42. The number of amides is 1. The second-order valence-corrected chi connectivity index (χ2v) is 10.2. The lowest BCUT2D eigenvalue weighted by Crippen LogP contribution is -2.41. The maximum atomic E-state index is 13.8. The van der Waals surface area contributed by atoms with E-state index in [1.54, 1.807) is 23.9 Å². The molecule has 1 aromatic heterocycles. The van der Waals surface area contributed by atoms with Gasteiger partial charge in [-0.2, -0.15) is 5.10 Å². The molecular formula is C28H32N4O7. The van der Waals surface area contributed by atoms with Gasteiger partial charge >= 0.3 is 0 Å². The van der Waals surface area contributed by atoms with E-state index in [0.29, 0.717) is 24.5 Å². The highest BCUT2D eigenvalue weighted by Gasteiger charge is 2.56. The summed E-state index contributed by atoms with van der Waals surface area (Å²) in [6, 6.07) is 1.81. The first-order chi connectivity index (χ1) is 18.3. The molecule has 1 aliphatic heterocycles. The fraction of sp³-hybridized carbons (Fsp3) is 0.393. The number of hydrogen-bond acceptors (Lipinski definition) is 9. The molecule has 0 radical (unpaired) electrons. The third-order valence-electron chi connectivity index (χ3n) is 7.16. The lowest BCUT2D eigenvalue weighted by Gasteiger charge is -2.29. The largest absolute Gasteiger partial charge is 0.507 e. The van der Waals surface area contributed by atoms with Crippen LogP contribution in [0.5, 0.6) is 17.2 Å². The number of aromatic nitrogens is 2. The summed E-state index contributed by atoms with van der Waals surface area (Å²) >= 11 is 0.